The lowest BCUT2D eigenvalue weighted by molar-refractivity contribution is 0.640. The smallest absolute Gasteiger partial charge is 0.186 e. The summed E-state index contributed by atoms with van der Waals surface area (Å²) in [6, 6.07) is 0.326. The molecular formula is C9H16N4S. The topological polar surface area (TPSA) is 48.5 Å². The first-order valence-corrected chi connectivity index (χ1v) is 5.05. The molecule has 0 aromatic carbocycles. The van der Waals surface area contributed by atoms with Gasteiger partial charge in [0.1, 0.15) is 0 Å². The minimum absolute atomic E-state index is 0.326. The van der Waals surface area contributed by atoms with Gasteiger partial charge in [-0.05, 0) is 25.6 Å². The van der Waals surface area contributed by atoms with E-state index in [0.717, 1.165) is 18.7 Å². The first kappa shape index (κ1) is 11.1. The predicted molar refractivity (Wildman–Crippen MR) is 63.5 cm³/mol. The average Bonchev–Trinajstić information content (AvgIpc) is 2.26. The Hall–Kier alpha value is -0.940. The summed E-state index contributed by atoms with van der Waals surface area (Å²) in [6.45, 7) is 2.90. The summed E-state index contributed by atoms with van der Waals surface area (Å²) in [7, 11) is 1.77. The zero-order valence-corrected chi connectivity index (χ0v) is 9.32. The lowest BCUT2D eigenvalue weighted by Crippen LogP contribution is -2.39. The van der Waals surface area contributed by atoms with Gasteiger partial charge in [-0.15, -0.1) is 0 Å². The largest absolute Gasteiger partial charge is 0.364 e. The fourth-order valence-corrected chi connectivity index (χ4v) is 1.25. The monoisotopic (exact) mass is 212 g/mol. The molecule has 1 atom stereocenters. The maximum atomic E-state index is 4.91. The lowest BCUT2D eigenvalue weighted by Gasteiger charge is -2.19. The fraction of sp³-hybridized carbons (Fsp3) is 0.556. The second-order valence-electron chi connectivity index (χ2n) is 3.11. The summed E-state index contributed by atoms with van der Waals surface area (Å²) >= 11 is 4.91. The van der Waals surface area contributed by atoms with Crippen LogP contribution < -0.4 is 16.1 Å². The fourth-order valence-electron chi connectivity index (χ4n) is 1.20. The summed E-state index contributed by atoms with van der Waals surface area (Å²) in [4.78, 5) is 0. The zero-order valence-electron chi connectivity index (χ0n) is 8.50. The van der Waals surface area contributed by atoms with Crippen LogP contribution in [-0.2, 0) is 0 Å². The van der Waals surface area contributed by atoms with Gasteiger partial charge in [0.2, 0.25) is 0 Å². The minimum atomic E-state index is 0.326. The number of hydrogen-bond acceptors (Lipinski definition) is 3. The number of hydrogen-bond donors (Lipinski definition) is 3. The third-order valence-electron chi connectivity index (χ3n) is 2.09. The Morgan fingerprint density at radius 2 is 2.36 bits per heavy atom. The van der Waals surface area contributed by atoms with Gasteiger partial charge in [0, 0.05) is 13.6 Å². The Labute approximate surface area is 89.8 Å². The van der Waals surface area contributed by atoms with Gasteiger partial charge in [0.15, 0.2) is 5.11 Å². The van der Waals surface area contributed by atoms with E-state index in [1.54, 1.807) is 7.05 Å². The third kappa shape index (κ3) is 3.43. The van der Waals surface area contributed by atoms with Crippen molar-refractivity contribution in [1.82, 2.24) is 16.1 Å². The van der Waals surface area contributed by atoms with Crippen molar-refractivity contribution < 1.29 is 0 Å². The Morgan fingerprint density at radius 3 is 2.93 bits per heavy atom. The van der Waals surface area contributed by atoms with E-state index >= 15 is 0 Å². The van der Waals surface area contributed by atoms with Crippen molar-refractivity contribution in [1.29, 1.82) is 0 Å². The first-order chi connectivity index (χ1) is 6.74. The van der Waals surface area contributed by atoms with Crippen LogP contribution in [0, 0.1) is 0 Å². The number of nitrogens with zero attached hydrogens (tertiary/aromatic N) is 1. The van der Waals surface area contributed by atoms with Crippen LogP contribution >= 0.6 is 12.2 Å². The molecule has 0 spiro atoms. The van der Waals surface area contributed by atoms with Gasteiger partial charge in [0.25, 0.3) is 0 Å². The number of nitrogens with one attached hydrogen (secondary N) is 3. The molecule has 78 valence electrons. The van der Waals surface area contributed by atoms with Gasteiger partial charge in [-0.3, -0.25) is 5.43 Å². The van der Waals surface area contributed by atoms with E-state index in [-0.39, 0.29) is 0 Å². The van der Waals surface area contributed by atoms with Crippen LogP contribution in [0.3, 0.4) is 0 Å². The molecule has 5 heteroatoms. The van der Waals surface area contributed by atoms with Crippen molar-refractivity contribution in [2.24, 2.45) is 5.10 Å². The lowest BCUT2D eigenvalue weighted by atomic mass is 10.1. The quantitative estimate of drug-likeness (QED) is 0.268. The van der Waals surface area contributed by atoms with Gasteiger partial charge < -0.3 is 10.6 Å². The highest BCUT2D eigenvalue weighted by molar-refractivity contribution is 7.80. The Morgan fingerprint density at radius 1 is 1.57 bits per heavy atom. The van der Waals surface area contributed by atoms with E-state index in [9.17, 15) is 0 Å². The van der Waals surface area contributed by atoms with Crippen LogP contribution in [0.5, 0.6) is 0 Å². The molecule has 0 radical (unpaired) electrons. The summed E-state index contributed by atoms with van der Waals surface area (Å²) in [5, 5.41) is 10.9. The van der Waals surface area contributed by atoms with E-state index in [1.165, 1.54) is 0 Å². The molecule has 0 saturated carbocycles. The Balaban J connectivity index is 2.42. The molecule has 1 unspecified atom stereocenters. The van der Waals surface area contributed by atoms with Crippen LogP contribution in [0.25, 0.3) is 0 Å². The van der Waals surface area contributed by atoms with Crippen molar-refractivity contribution >= 4 is 23.0 Å². The van der Waals surface area contributed by atoms with E-state index in [2.05, 4.69) is 33.3 Å². The number of rotatable bonds is 2. The molecule has 0 aromatic heterocycles. The molecule has 0 amide bonds. The highest BCUT2D eigenvalue weighted by Crippen LogP contribution is 2.01. The van der Waals surface area contributed by atoms with Crippen molar-refractivity contribution in [3.8, 4) is 0 Å². The van der Waals surface area contributed by atoms with Crippen LogP contribution in [0.15, 0.2) is 17.3 Å². The number of hydrazone groups is 1. The van der Waals surface area contributed by atoms with Crippen molar-refractivity contribution in [3.63, 3.8) is 0 Å². The van der Waals surface area contributed by atoms with E-state index in [1.807, 2.05) is 6.92 Å². The molecule has 14 heavy (non-hydrogen) atoms. The average molecular weight is 212 g/mol. The van der Waals surface area contributed by atoms with Crippen LogP contribution in [0.2, 0.25) is 0 Å². The van der Waals surface area contributed by atoms with Crippen molar-refractivity contribution in [3.05, 3.63) is 12.2 Å². The standard InChI is InChI=1S/C9H16N4S/c1-7(12-13-9(14)10-2)8-5-3-4-6-11-8/h3-4,8,11H,5-6H2,1-2H3,(H2,10,13,14). The molecule has 3 N–H and O–H groups in total. The van der Waals surface area contributed by atoms with Crippen molar-refractivity contribution in [2.75, 3.05) is 13.6 Å². The molecule has 0 bridgehead atoms. The predicted octanol–water partition coefficient (Wildman–Crippen LogP) is 0.374. The first-order valence-electron chi connectivity index (χ1n) is 4.64. The van der Waals surface area contributed by atoms with Crippen LogP contribution in [0.4, 0.5) is 0 Å². The molecule has 0 fully saturated rings. The third-order valence-corrected chi connectivity index (χ3v) is 2.38. The van der Waals surface area contributed by atoms with Crippen LogP contribution in [-0.4, -0.2) is 30.5 Å². The van der Waals surface area contributed by atoms with Gasteiger partial charge in [-0.25, -0.2) is 0 Å². The highest BCUT2D eigenvalue weighted by Gasteiger charge is 2.11. The maximum absolute atomic E-state index is 4.91. The molecule has 1 aliphatic rings. The van der Waals surface area contributed by atoms with E-state index in [0.29, 0.717) is 11.2 Å². The molecule has 0 aliphatic carbocycles. The highest BCUT2D eigenvalue weighted by atomic mass is 32.1. The number of thiocarbonyl (C=S) groups is 1. The molecule has 0 aromatic rings. The second kappa shape index (κ2) is 5.72. The summed E-state index contributed by atoms with van der Waals surface area (Å²) in [5.74, 6) is 0. The van der Waals surface area contributed by atoms with E-state index in [4.69, 9.17) is 12.2 Å². The molecule has 1 heterocycles. The van der Waals surface area contributed by atoms with Gasteiger partial charge in [-0.2, -0.15) is 5.10 Å². The molecule has 1 aliphatic heterocycles. The normalized spacial score (nSPS) is 21.9. The summed E-state index contributed by atoms with van der Waals surface area (Å²) in [5.41, 5.74) is 3.79. The minimum Gasteiger partial charge on any atom is -0.364 e. The Bertz CT molecular complexity index is 260. The summed E-state index contributed by atoms with van der Waals surface area (Å²) < 4.78 is 0. The Kier molecular flexibility index (Phi) is 4.55. The molecule has 0 saturated heterocycles. The molecule has 1 rings (SSSR count). The van der Waals surface area contributed by atoms with Gasteiger partial charge in [0.05, 0.1) is 11.8 Å². The zero-order chi connectivity index (χ0) is 10.4. The SMILES string of the molecule is CNC(=S)NN=C(C)C1CC=CCN1. The summed E-state index contributed by atoms with van der Waals surface area (Å²) in [6.07, 6.45) is 5.27. The maximum Gasteiger partial charge on any atom is 0.186 e. The molecular weight excluding hydrogens is 196 g/mol. The van der Waals surface area contributed by atoms with Gasteiger partial charge in [-0.1, -0.05) is 12.2 Å². The van der Waals surface area contributed by atoms with Crippen molar-refractivity contribution in [2.45, 2.75) is 19.4 Å². The van der Waals surface area contributed by atoms with Gasteiger partial charge >= 0.3 is 0 Å². The van der Waals surface area contributed by atoms with Crippen LogP contribution in [0.1, 0.15) is 13.3 Å². The molecule has 4 nitrogen and oxygen atoms in total. The second-order valence-corrected chi connectivity index (χ2v) is 3.52. The van der Waals surface area contributed by atoms with E-state index < -0.39 is 0 Å².